The summed E-state index contributed by atoms with van der Waals surface area (Å²) < 4.78 is 11.1. The van der Waals surface area contributed by atoms with Gasteiger partial charge in [-0.05, 0) is 36.8 Å². The molecular weight excluding hydrogens is 372 g/mol. The van der Waals surface area contributed by atoms with Gasteiger partial charge in [0.25, 0.3) is 11.5 Å². The molecule has 8 nitrogen and oxygen atoms in total. The second-order valence-corrected chi connectivity index (χ2v) is 6.38. The van der Waals surface area contributed by atoms with Crippen LogP contribution in [-0.2, 0) is 13.2 Å². The Morgan fingerprint density at radius 2 is 2.00 bits per heavy atom. The molecule has 4 rings (SSSR count). The van der Waals surface area contributed by atoms with E-state index in [0.29, 0.717) is 24.7 Å². The van der Waals surface area contributed by atoms with E-state index in [1.165, 1.54) is 6.33 Å². The van der Waals surface area contributed by atoms with Crippen molar-refractivity contribution < 1.29 is 13.9 Å². The van der Waals surface area contributed by atoms with Gasteiger partial charge in [-0.15, -0.1) is 0 Å². The van der Waals surface area contributed by atoms with Gasteiger partial charge in [-0.3, -0.25) is 14.6 Å². The van der Waals surface area contributed by atoms with Gasteiger partial charge in [-0.25, -0.2) is 4.98 Å². The minimum absolute atomic E-state index is 0.144. The summed E-state index contributed by atoms with van der Waals surface area (Å²) in [6.45, 7) is 2.31. The standard InChI is InChI=1S/C21H18N4O4/c1-13-17(18-20(27)24-12-25-21(18)29-13)19(26)23-10-14-5-7-16(8-6-14)28-11-15-4-2-3-9-22-15/h2-9,12H,10-11H2,1H3,(H,23,26)(H,24,25,27). The van der Waals surface area contributed by atoms with Gasteiger partial charge < -0.3 is 19.5 Å². The molecule has 146 valence electrons. The molecule has 0 saturated carbocycles. The smallest absolute Gasteiger partial charge is 0.262 e. The molecule has 0 aliphatic heterocycles. The first kappa shape index (κ1) is 18.4. The van der Waals surface area contributed by atoms with Gasteiger partial charge >= 0.3 is 0 Å². The summed E-state index contributed by atoms with van der Waals surface area (Å²) in [6.07, 6.45) is 2.96. The number of benzene rings is 1. The number of hydrogen-bond acceptors (Lipinski definition) is 6. The number of furan rings is 1. The quantitative estimate of drug-likeness (QED) is 0.524. The van der Waals surface area contributed by atoms with Crippen molar-refractivity contribution in [2.75, 3.05) is 0 Å². The van der Waals surface area contributed by atoms with Crippen LogP contribution in [0.4, 0.5) is 0 Å². The van der Waals surface area contributed by atoms with E-state index in [4.69, 9.17) is 9.15 Å². The molecule has 0 aliphatic rings. The number of nitrogens with one attached hydrogen (secondary N) is 2. The van der Waals surface area contributed by atoms with Crippen LogP contribution >= 0.6 is 0 Å². The minimum Gasteiger partial charge on any atom is -0.487 e. The van der Waals surface area contributed by atoms with Crippen molar-refractivity contribution >= 4 is 17.0 Å². The first-order chi connectivity index (χ1) is 14.1. The topological polar surface area (TPSA) is 110 Å². The molecule has 0 aliphatic carbocycles. The molecule has 0 fully saturated rings. The first-order valence-electron chi connectivity index (χ1n) is 8.98. The van der Waals surface area contributed by atoms with Crippen molar-refractivity contribution in [2.45, 2.75) is 20.1 Å². The molecule has 3 heterocycles. The number of amides is 1. The van der Waals surface area contributed by atoms with Crippen LogP contribution in [0.5, 0.6) is 5.75 Å². The summed E-state index contributed by atoms with van der Waals surface area (Å²) in [5, 5.41) is 2.96. The van der Waals surface area contributed by atoms with E-state index in [1.54, 1.807) is 13.1 Å². The minimum atomic E-state index is -0.411. The van der Waals surface area contributed by atoms with Crippen LogP contribution in [0.25, 0.3) is 11.1 Å². The maximum Gasteiger partial charge on any atom is 0.262 e. The Morgan fingerprint density at radius 1 is 1.17 bits per heavy atom. The summed E-state index contributed by atoms with van der Waals surface area (Å²) in [4.78, 5) is 35.3. The third kappa shape index (κ3) is 4.01. The fourth-order valence-corrected chi connectivity index (χ4v) is 2.94. The largest absolute Gasteiger partial charge is 0.487 e. The number of carbonyl (C=O) groups excluding carboxylic acids is 1. The molecule has 8 heteroatoms. The number of ether oxygens (including phenoxy) is 1. The molecule has 1 aromatic carbocycles. The molecule has 0 spiro atoms. The van der Waals surface area contributed by atoms with Gasteiger partial charge in [0.1, 0.15) is 23.5 Å². The van der Waals surface area contributed by atoms with Crippen LogP contribution in [-0.4, -0.2) is 20.9 Å². The predicted molar refractivity (Wildman–Crippen MR) is 106 cm³/mol. The van der Waals surface area contributed by atoms with Crippen LogP contribution in [0.3, 0.4) is 0 Å². The highest BCUT2D eigenvalue weighted by Gasteiger charge is 2.21. The summed E-state index contributed by atoms with van der Waals surface area (Å²) >= 11 is 0. The second kappa shape index (κ2) is 7.97. The Hall–Kier alpha value is -3.94. The van der Waals surface area contributed by atoms with Gasteiger partial charge in [-0.1, -0.05) is 18.2 Å². The van der Waals surface area contributed by atoms with Crippen LogP contribution in [0, 0.1) is 6.92 Å². The number of rotatable bonds is 6. The van der Waals surface area contributed by atoms with Crippen LogP contribution in [0.2, 0.25) is 0 Å². The Labute approximate surface area is 165 Å². The normalized spacial score (nSPS) is 10.8. The van der Waals surface area contributed by atoms with Crippen LogP contribution < -0.4 is 15.6 Å². The van der Waals surface area contributed by atoms with Gasteiger partial charge in [0.2, 0.25) is 5.71 Å². The summed E-state index contributed by atoms with van der Waals surface area (Å²) in [7, 11) is 0. The Morgan fingerprint density at radius 3 is 2.76 bits per heavy atom. The third-order valence-electron chi connectivity index (χ3n) is 4.39. The molecule has 2 N–H and O–H groups in total. The number of H-pyrrole nitrogens is 1. The average Bonchev–Trinajstić information content (AvgIpc) is 3.09. The number of pyridine rings is 1. The first-order valence-corrected chi connectivity index (χ1v) is 8.98. The van der Waals surface area contributed by atoms with Crippen molar-refractivity contribution in [3.8, 4) is 5.75 Å². The number of carbonyl (C=O) groups is 1. The van der Waals surface area contributed by atoms with Crippen LogP contribution in [0.15, 0.2) is 64.2 Å². The molecular formula is C21H18N4O4. The molecule has 0 atom stereocenters. The highest BCUT2D eigenvalue weighted by atomic mass is 16.5. The van der Waals surface area contributed by atoms with Crippen molar-refractivity contribution in [2.24, 2.45) is 0 Å². The van der Waals surface area contributed by atoms with Crippen LogP contribution in [0.1, 0.15) is 27.4 Å². The Bertz CT molecular complexity index is 1200. The number of aromatic nitrogens is 3. The summed E-state index contributed by atoms with van der Waals surface area (Å²) in [5.74, 6) is 0.662. The Balaban J connectivity index is 1.40. The highest BCUT2D eigenvalue weighted by molar-refractivity contribution is 6.06. The third-order valence-corrected chi connectivity index (χ3v) is 4.39. The van der Waals surface area contributed by atoms with Crippen molar-refractivity contribution in [1.29, 1.82) is 0 Å². The fraction of sp³-hybridized carbons (Fsp3) is 0.143. The monoisotopic (exact) mass is 390 g/mol. The summed E-state index contributed by atoms with van der Waals surface area (Å²) in [6, 6.07) is 13.0. The maximum absolute atomic E-state index is 12.6. The number of hydrogen-bond donors (Lipinski definition) is 2. The van der Waals surface area contributed by atoms with E-state index in [1.807, 2.05) is 42.5 Å². The lowest BCUT2D eigenvalue weighted by Gasteiger charge is -2.08. The van der Waals surface area contributed by atoms with E-state index < -0.39 is 11.5 Å². The zero-order valence-corrected chi connectivity index (χ0v) is 15.6. The SMILES string of the molecule is Cc1oc2nc[nH]c(=O)c2c1C(=O)NCc1ccc(OCc2ccccn2)cc1. The lowest BCUT2D eigenvalue weighted by Crippen LogP contribution is -2.24. The number of nitrogens with zero attached hydrogens (tertiary/aromatic N) is 2. The van der Waals surface area contributed by atoms with E-state index >= 15 is 0 Å². The molecule has 1 amide bonds. The second-order valence-electron chi connectivity index (χ2n) is 6.38. The zero-order chi connectivity index (χ0) is 20.2. The van der Waals surface area contributed by atoms with E-state index in [0.717, 1.165) is 11.3 Å². The molecule has 29 heavy (non-hydrogen) atoms. The van der Waals surface area contributed by atoms with E-state index in [9.17, 15) is 9.59 Å². The summed E-state index contributed by atoms with van der Waals surface area (Å²) in [5.41, 5.74) is 1.67. The van der Waals surface area contributed by atoms with E-state index in [2.05, 4.69) is 20.3 Å². The van der Waals surface area contributed by atoms with Gasteiger partial charge in [-0.2, -0.15) is 0 Å². The predicted octanol–water partition coefficient (Wildman–Crippen LogP) is 2.73. The molecule has 3 aromatic heterocycles. The van der Waals surface area contributed by atoms with Gasteiger partial charge in [0.15, 0.2) is 0 Å². The Kier molecular flexibility index (Phi) is 5.07. The zero-order valence-electron chi connectivity index (χ0n) is 15.6. The molecule has 0 unspecified atom stereocenters. The van der Waals surface area contributed by atoms with E-state index in [-0.39, 0.29) is 16.7 Å². The highest BCUT2D eigenvalue weighted by Crippen LogP contribution is 2.20. The van der Waals surface area contributed by atoms with Crippen molar-refractivity contribution in [3.05, 3.63) is 87.9 Å². The number of aryl methyl sites for hydroxylation is 1. The lowest BCUT2D eigenvalue weighted by molar-refractivity contribution is 0.0950. The van der Waals surface area contributed by atoms with Crippen molar-refractivity contribution in [1.82, 2.24) is 20.3 Å². The maximum atomic E-state index is 12.6. The van der Waals surface area contributed by atoms with Gasteiger partial charge in [0.05, 0.1) is 17.6 Å². The lowest BCUT2D eigenvalue weighted by atomic mass is 10.1. The fourth-order valence-electron chi connectivity index (χ4n) is 2.94. The molecule has 4 aromatic rings. The molecule has 0 bridgehead atoms. The van der Waals surface area contributed by atoms with Crippen molar-refractivity contribution in [3.63, 3.8) is 0 Å². The molecule has 0 saturated heterocycles. The number of fused-ring (bicyclic) bond motifs is 1. The average molecular weight is 390 g/mol. The number of aromatic amines is 1. The molecule has 0 radical (unpaired) electrons. The van der Waals surface area contributed by atoms with Gasteiger partial charge in [0, 0.05) is 12.7 Å².